The standard InChI is InChI=1S/C20H40N4O10.2H2O4S/c1-6(25)14-11(27)10(26)9(23)18(32-14)33-15-7(21)4-8(22)16(12(15)28)34-19-13(29)17(24-3)20(2,30)5-31-19;2*1-5(2,3)4/h6-19,24-30H,4-5,21-23H2,1-3H3;2*(H2,1,2,3,4)/t6?,7-,8+,9+,10+,11-,12-,13+,14+,15+,16?,17+,18+,19+,20-;;/m0../s1. The minimum absolute atomic E-state index is 0.135. The van der Waals surface area contributed by atoms with Gasteiger partial charge in [0.2, 0.25) is 0 Å². The van der Waals surface area contributed by atoms with Crippen LogP contribution in [0, 0.1) is 0 Å². The summed E-state index contributed by atoms with van der Waals surface area (Å²) >= 11 is 0. The summed E-state index contributed by atoms with van der Waals surface area (Å²) in [6.07, 6.45) is -12.4. The molecule has 17 N–H and O–H groups in total. The molecule has 1 aliphatic carbocycles. The molecule has 0 bridgehead atoms. The Morgan fingerprint density at radius 1 is 0.841 bits per heavy atom. The van der Waals surface area contributed by atoms with Gasteiger partial charge in [-0.15, -0.1) is 0 Å². The van der Waals surface area contributed by atoms with E-state index in [2.05, 4.69) is 5.32 Å². The van der Waals surface area contributed by atoms with E-state index in [0.29, 0.717) is 0 Å². The molecule has 22 nitrogen and oxygen atoms in total. The van der Waals surface area contributed by atoms with Crippen molar-refractivity contribution < 1.29 is 84.6 Å². The van der Waals surface area contributed by atoms with Crippen LogP contribution in [0.5, 0.6) is 0 Å². The fraction of sp³-hybridized carbons (Fsp3) is 1.00. The molecule has 2 saturated heterocycles. The van der Waals surface area contributed by atoms with Crippen LogP contribution in [0.2, 0.25) is 0 Å². The summed E-state index contributed by atoms with van der Waals surface area (Å²) in [5, 5.41) is 65.2. The van der Waals surface area contributed by atoms with Gasteiger partial charge < -0.3 is 72.1 Å². The molecule has 2 unspecified atom stereocenters. The molecular weight excluding hydrogens is 648 g/mol. The van der Waals surface area contributed by atoms with Gasteiger partial charge in [-0.05, 0) is 27.3 Å². The van der Waals surface area contributed by atoms with E-state index in [1.807, 2.05) is 0 Å². The predicted octanol–water partition coefficient (Wildman–Crippen LogP) is -6.92. The molecule has 0 aromatic carbocycles. The number of aliphatic hydroxyl groups excluding tert-OH is 5. The maximum atomic E-state index is 11.1. The van der Waals surface area contributed by atoms with Crippen LogP contribution >= 0.6 is 0 Å². The Morgan fingerprint density at radius 2 is 1.27 bits per heavy atom. The third-order valence-corrected chi connectivity index (χ3v) is 6.95. The Balaban J connectivity index is 0.000000837. The monoisotopic (exact) mass is 692 g/mol. The van der Waals surface area contributed by atoms with Crippen molar-refractivity contribution in [2.45, 2.75) is 111 Å². The maximum Gasteiger partial charge on any atom is 0.394 e. The minimum atomic E-state index is -4.67. The first-order valence-corrected chi connectivity index (χ1v) is 15.6. The minimum Gasteiger partial charge on any atom is -0.391 e. The molecule has 0 spiro atoms. The molecule has 0 amide bonds. The second-order valence-electron chi connectivity index (χ2n) is 10.7. The fourth-order valence-electron chi connectivity index (χ4n) is 4.95. The quantitative estimate of drug-likeness (QED) is 0.115. The average molecular weight is 693 g/mol. The molecule has 2 heterocycles. The molecule has 44 heavy (non-hydrogen) atoms. The van der Waals surface area contributed by atoms with Crippen LogP contribution in [-0.2, 0) is 39.7 Å². The summed E-state index contributed by atoms with van der Waals surface area (Å²) in [4.78, 5) is 0. The van der Waals surface area contributed by atoms with Gasteiger partial charge in [-0.25, -0.2) is 0 Å². The lowest BCUT2D eigenvalue weighted by molar-refractivity contribution is -0.319. The number of likely N-dealkylation sites (N-methyl/N-ethyl adjacent to an activating group) is 1. The van der Waals surface area contributed by atoms with E-state index in [4.69, 9.17) is 71.2 Å². The molecule has 0 aromatic rings. The first-order chi connectivity index (χ1) is 19.8. The van der Waals surface area contributed by atoms with Crippen molar-refractivity contribution >= 4 is 20.8 Å². The Morgan fingerprint density at radius 3 is 1.68 bits per heavy atom. The molecule has 24 heteroatoms. The van der Waals surface area contributed by atoms with Crippen molar-refractivity contribution in [1.82, 2.24) is 5.32 Å². The number of nitrogens with two attached hydrogens (primary N) is 3. The van der Waals surface area contributed by atoms with Gasteiger partial charge in [0.05, 0.1) is 24.8 Å². The van der Waals surface area contributed by atoms with Crippen LogP contribution in [0.1, 0.15) is 20.3 Å². The smallest absolute Gasteiger partial charge is 0.391 e. The average Bonchev–Trinajstić information content (AvgIpc) is 2.83. The van der Waals surface area contributed by atoms with Gasteiger partial charge in [0, 0.05) is 12.1 Å². The summed E-state index contributed by atoms with van der Waals surface area (Å²) < 4.78 is 85.9. The third kappa shape index (κ3) is 12.4. The van der Waals surface area contributed by atoms with Gasteiger partial charge in [0.25, 0.3) is 0 Å². The lowest BCUT2D eigenvalue weighted by Gasteiger charge is -2.49. The maximum absolute atomic E-state index is 11.1. The molecule has 0 aromatic heterocycles. The van der Waals surface area contributed by atoms with Crippen LogP contribution in [0.15, 0.2) is 0 Å². The second-order valence-corrected chi connectivity index (χ2v) is 12.5. The van der Waals surface area contributed by atoms with Crippen molar-refractivity contribution in [3.8, 4) is 0 Å². The number of rotatable bonds is 6. The second kappa shape index (κ2) is 16.3. The largest absolute Gasteiger partial charge is 0.394 e. The number of ether oxygens (including phenoxy) is 4. The Labute approximate surface area is 253 Å². The fourth-order valence-corrected chi connectivity index (χ4v) is 4.95. The molecule has 3 aliphatic rings. The Hall–Kier alpha value is -0.820. The lowest BCUT2D eigenvalue weighted by atomic mass is 9.84. The molecule has 1 saturated carbocycles. The van der Waals surface area contributed by atoms with Crippen molar-refractivity contribution in [3.05, 3.63) is 0 Å². The van der Waals surface area contributed by atoms with Crippen molar-refractivity contribution in [2.75, 3.05) is 13.7 Å². The zero-order valence-electron chi connectivity index (χ0n) is 23.8. The number of aliphatic hydroxyl groups is 6. The van der Waals surface area contributed by atoms with Crippen LogP contribution in [-0.4, -0.2) is 171 Å². The normalized spacial score (nSPS) is 44.0. The van der Waals surface area contributed by atoms with E-state index in [0.717, 1.165) is 0 Å². The Kier molecular flexibility index (Phi) is 15.3. The van der Waals surface area contributed by atoms with Gasteiger partial charge in [-0.1, -0.05) is 0 Å². The van der Waals surface area contributed by atoms with Gasteiger partial charge in [0.1, 0.15) is 48.3 Å². The van der Waals surface area contributed by atoms with Gasteiger partial charge in [-0.2, -0.15) is 16.8 Å². The van der Waals surface area contributed by atoms with Crippen molar-refractivity contribution in [1.29, 1.82) is 0 Å². The molecule has 0 radical (unpaired) electrons. The summed E-state index contributed by atoms with van der Waals surface area (Å²) in [7, 11) is -7.76. The van der Waals surface area contributed by atoms with E-state index in [1.165, 1.54) is 13.8 Å². The molecule has 3 fully saturated rings. The highest BCUT2D eigenvalue weighted by Gasteiger charge is 2.52. The van der Waals surface area contributed by atoms with Gasteiger partial charge in [-0.3, -0.25) is 18.2 Å². The zero-order chi connectivity index (χ0) is 34.5. The van der Waals surface area contributed by atoms with Crippen molar-refractivity contribution in [2.24, 2.45) is 17.2 Å². The van der Waals surface area contributed by atoms with Gasteiger partial charge >= 0.3 is 20.8 Å². The molecular formula is C20H44N4O18S2. The first-order valence-electron chi connectivity index (χ1n) is 12.8. The van der Waals surface area contributed by atoms with E-state index in [-0.39, 0.29) is 13.0 Å². The number of hydrogen-bond acceptors (Lipinski definition) is 18. The topological polar surface area (TPSA) is 398 Å². The van der Waals surface area contributed by atoms with E-state index < -0.39 is 112 Å². The number of nitrogens with one attached hydrogen (secondary N) is 1. The van der Waals surface area contributed by atoms with Crippen LogP contribution < -0.4 is 22.5 Å². The molecule has 264 valence electrons. The highest BCUT2D eigenvalue weighted by molar-refractivity contribution is 7.80. The highest BCUT2D eigenvalue weighted by Crippen LogP contribution is 2.32. The zero-order valence-corrected chi connectivity index (χ0v) is 25.4. The van der Waals surface area contributed by atoms with Crippen LogP contribution in [0.3, 0.4) is 0 Å². The van der Waals surface area contributed by atoms with Crippen molar-refractivity contribution in [3.63, 3.8) is 0 Å². The lowest BCUT2D eigenvalue weighted by Crippen LogP contribution is -2.69. The third-order valence-electron chi connectivity index (χ3n) is 6.95. The van der Waals surface area contributed by atoms with Crippen LogP contribution in [0.4, 0.5) is 0 Å². The first kappa shape index (κ1) is 41.2. The summed E-state index contributed by atoms with van der Waals surface area (Å²) in [5.41, 5.74) is 17.0. The SMILES string of the molecule is CN[C@@H]1[C@@H](O)[C@@H](OC2[C@H](N)C[C@H](N)[C@@H](O[C@H]3O[C@H](C(C)O)[C@@H](O)[C@H](O)[C@H]3N)[C@@H]2O)OC[C@]1(C)O.O=S(=O)(O)O.O=S(=O)(O)O. The summed E-state index contributed by atoms with van der Waals surface area (Å²) in [5.74, 6) is 0. The van der Waals surface area contributed by atoms with E-state index in [9.17, 15) is 30.6 Å². The van der Waals surface area contributed by atoms with Gasteiger partial charge in [0.15, 0.2) is 12.6 Å². The summed E-state index contributed by atoms with van der Waals surface area (Å²) in [6.45, 7) is 2.75. The van der Waals surface area contributed by atoms with E-state index in [1.54, 1.807) is 7.05 Å². The predicted molar refractivity (Wildman–Crippen MR) is 144 cm³/mol. The number of hydrogen-bond donors (Lipinski definition) is 14. The van der Waals surface area contributed by atoms with E-state index >= 15 is 0 Å². The Bertz CT molecular complexity index is 1050. The molecule has 3 rings (SSSR count). The molecule has 15 atom stereocenters. The van der Waals surface area contributed by atoms with Crippen LogP contribution in [0.25, 0.3) is 0 Å². The summed E-state index contributed by atoms with van der Waals surface area (Å²) in [6, 6.07) is -3.47. The highest BCUT2D eigenvalue weighted by atomic mass is 32.3. The molecule has 2 aliphatic heterocycles.